The first kappa shape index (κ1) is 76.2. The van der Waals surface area contributed by atoms with Crippen molar-refractivity contribution in [3.05, 3.63) is 60.3 Å². The van der Waals surface area contributed by atoms with Gasteiger partial charge in [-0.3, -0.25) is 14.4 Å². The summed E-state index contributed by atoms with van der Waals surface area (Å²) in [5.74, 6) is -2.93. The Morgan fingerprint density at radius 1 is 0.577 bits per heavy atom. The predicted octanol–water partition coefficient (Wildman–Crippen LogP) is 13.2. The van der Waals surface area contributed by atoms with Gasteiger partial charge in [-0.05, 0) is 36.0 Å². The van der Waals surface area contributed by atoms with Crippen LogP contribution in [0.3, 0.4) is 0 Å². The summed E-state index contributed by atoms with van der Waals surface area (Å²) in [6, 6.07) is -1.22. The van der Waals surface area contributed by atoms with Crippen molar-refractivity contribution >= 4 is 54.1 Å². The van der Waals surface area contributed by atoms with Crippen LogP contribution >= 0.6 is 0 Å². The minimum Gasteiger partial charge on any atom is -0.481 e. The van der Waals surface area contributed by atoms with Gasteiger partial charge >= 0.3 is 214 Å². The van der Waals surface area contributed by atoms with Crippen LogP contribution in [-0.4, -0.2) is 96.2 Å². The van der Waals surface area contributed by atoms with Crippen LogP contribution in [0, 0.1) is 33.5 Å². The zero-order valence-electron chi connectivity index (χ0n) is 48.2. The van der Waals surface area contributed by atoms with E-state index >= 15 is 0 Å². The maximum absolute atomic E-state index is 12.8. The molecule has 0 aromatic rings. The molecule has 0 bridgehead atoms. The van der Waals surface area contributed by atoms with Gasteiger partial charge in [0.05, 0.1) is 25.0 Å². The average Bonchev–Trinajstić information content (AvgIpc) is 3.26. The van der Waals surface area contributed by atoms with Gasteiger partial charge in [0.25, 0.3) is 0 Å². The number of esters is 3. The minimum atomic E-state index is -2.52. The van der Waals surface area contributed by atoms with Gasteiger partial charge in [0.1, 0.15) is 6.04 Å². The first-order chi connectivity index (χ1) is 32.6. The molecule has 0 saturated heterocycles. The SMILES string of the molecule is C/C=C\C(=O)O.C=CCCOC(=O)[C@@H](C)C(C)(C)C.C=CCCOC(=O)[C@@H](N)C(C)(C)C.C=CCCOC(=O)[C@@H](NC(=O)/C=[CH]\[Sn]([CH2]CCC)([CH2]CCC)[CH2]CCC)C(C)(C)C.C[C@H](C(=O)O)C(C)(C)C. The largest absolute Gasteiger partial charge is 0.481 e. The van der Waals surface area contributed by atoms with Gasteiger partial charge in [-0.25, -0.2) is 4.79 Å². The van der Waals surface area contributed by atoms with Crippen molar-refractivity contribution < 1.29 is 53.2 Å². The van der Waals surface area contributed by atoms with Crippen LogP contribution in [0.5, 0.6) is 0 Å². The van der Waals surface area contributed by atoms with E-state index in [1.807, 2.05) is 90.0 Å². The number of allylic oxidation sites excluding steroid dienone is 1. The van der Waals surface area contributed by atoms with Crippen molar-refractivity contribution in [3.8, 4) is 0 Å². The Labute approximate surface area is 437 Å². The molecule has 414 valence electrons. The molecule has 0 heterocycles. The predicted molar refractivity (Wildman–Crippen MR) is 297 cm³/mol. The topological polar surface area (TPSA) is 209 Å². The Hall–Kier alpha value is -3.72. The molecule has 4 atom stereocenters. The number of amides is 1. The molecule has 0 spiro atoms. The fraction of sp³-hybridized carbons (Fsp3) is 0.719. The van der Waals surface area contributed by atoms with Crippen molar-refractivity contribution in [2.24, 2.45) is 39.2 Å². The Balaban J connectivity index is -0.000000292. The molecule has 0 aliphatic rings. The third-order valence-corrected chi connectivity index (χ3v) is 25.6. The van der Waals surface area contributed by atoms with Gasteiger partial charge in [-0.2, -0.15) is 0 Å². The van der Waals surface area contributed by atoms with Gasteiger partial charge in [0, 0.05) is 6.08 Å². The van der Waals surface area contributed by atoms with Crippen molar-refractivity contribution in [3.63, 3.8) is 0 Å². The van der Waals surface area contributed by atoms with E-state index in [0.29, 0.717) is 32.7 Å². The number of nitrogens with two attached hydrogens (primary N) is 1. The van der Waals surface area contributed by atoms with Gasteiger partial charge in [-0.1, -0.05) is 94.4 Å². The van der Waals surface area contributed by atoms with E-state index in [-0.39, 0.29) is 51.9 Å². The summed E-state index contributed by atoms with van der Waals surface area (Å²) in [6.07, 6.45) is 18.9. The van der Waals surface area contributed by atoms with Gasteiger partial charge in [0.2, 0.25) is 0 Å². The van der Waals surface area contributed by atoms with Crippen LogP contribution in [0.1, 0.15) is 182 Å². The second kappa shape index (κ2) is 41.7. The Kier molecular flexibility index (Phi) is 44.8. The van der Waals surface area contributed by atoms with E-state index in [0.717, 1.165) is 12.5 Å². The molecule has 0 saturated carbocycles. The smallest absolute Gasteiger partial charge is 0.306 e. The summed E-state index contributed by atoms with van der Waals surface area (Å²) in [4.78, 5) is 67.9. The number of carbonyl (C=O) groups excluding carboxylic acids is 4. The molecule has 1 amide bonds. The van der Waals surface area contributed by atoms with E-state index in [1.54, 1.807) is 38.2 Å². The van der Waals surface area contributed by atoms with Crippen molar-refractivity contribution in [1.82, 2.24) is 5.32 Å². The van der Waals surface area contributed by atoms with E-state index in [1.165, 1.54) is 57.9 Å². The molecule has 5 N–H and O–H groups in total. The second-order valence-corrected chi connectivity index (χ2v) is 35.3. The summed E-state index contributed by atoms with van der Waals surface area (Å²) in [6.45, 7) is 47.3. The van der Waals surface area contributed by atoms with Crippen molar-refractivity contribution in [2.75, 3.05) is 19.8 Å². The Morgan fingerprint density at radius 2 is 0.944 bits per heavy atom. The molecular weight excluding hydrogens is 1010 g/mol. The molecule has 14 heteroatoms. The van der Waals surface area contributed by atoms with E-state index in [4.69, 9.17) is 30.2 Å². The number of nitrogens with one attached hydrogen (secondary N) is 1. The molecule has 0 aromatic heterocycles. The van der Waals surface area contributed by atoms with E-state index in [9.17, 15) is 28.8 Å². The molecular formula is C57H106N2O11Sn. The zero-order valence-corrected chi connectivity index (χ0v) is 51.1. The maximum Gasteiger partial charge on any atom is 0.306 e. The van der Waals surface area contributed by atoms with Gasteiger partial charge < -0.3 is 25.4 Å². The van der Waals surface area contributed by atoms with Gasteiger partial charge in [-0.15, -0.1) is 13.2 Å². The number of rotatable bonds is 26. The number of carboxylic acids is 2. The Morgan fingerprint density at radius 3 is 1.20 bits per heavy atom. The monoisotopic (exact) mass is 1110 g/mol. The third kappa shape index (κ3) is 43.6. The minimum absolute atomic E-state index is 0.0226. The second-order valence-electron chi connectivity index (χ2n) is 22.2. The van der Waals surface area contributed by atoms with E-state index < -0.39 is 47.8 Å². The molecule has 0 aromatic carbocycles. The molecule has 0 aliphatic carbocycles. The number of hydrogen-bond acceptors (Lipinski definition) is 10. The molecule has 0 fully saturated rings. The third-order valence-electron chi connectivity index (χ3n) is 11.6. The first-order valence-electron chi connectivity index (χ1n) is 25.7. The van der Waals surface area contributed by atoms with Crippen LogP contribution in [0.25, 0.3) is 0 Å². The number of unbranched alkanes of at least 4 members (excludes halogenated alkanes) is 3. The molecule has 0 rings (SSSR count). The van der Waals surface area contributed by atoms with Gasteiger partial charge in [0.15, 0.2) is 0 Å². The van der Waals surface area contributed by atoms with E-state index in [2.05, 4.69) is 49.9 Å². The number of carbonyl (C=O) groups is 6. The molecule has 0 unspecified atom stereocenters. The number of aliphatic carboxylic acids is 2. The van der Waals surface area contributed by atoms with Crippen LogP contribution < -0.4 is 11.1 Å². The molecule has 0 aliphatic heterocycles. The summed E-state index contributed by atoms with van der Waals surface area (Å²) in [7, 11) is 0. The average molecular weight is 1110 g/mol. The summed E-state index contributed by atoms with van der Waals surface area (Å²) >= 11 is -2.52. The summed E-state index contributed by atoms with van der Waals surface area (Å²) in [5.41, 5.74) is 4.87. The van der Waals surface area contributed by atoms with Crippen LogP contribution in [0.4, 0.5) is 0 Å². The summed E-state index contributed by atoms with van der Waals surface area (Å²) in [5, 5.41) is 19.3. The number of carboxylic acid groups (broad SMARTS) is 2. The number of hydrogen-bond donors (Lipinski definition) is 4. The molecule has 13 nitrogen and oxygen atoms in total. The summed E-state index contributed by atoms with van der Waals surface area (Å²) < 4.78 is 21.6. The first-order valence-corrected chi connectivity index (χ1v) is 33.4. The van der Waals surface area contributed by atoms with Crippen molar-refractivity contribution in [2.45, 2.75) is 208 Å². The number of ether oxygens (including phenoxy) is 3. The standard InChI is InChI=1S/C13H20NO3.C11H20O2.C10H19NO2.C7H14O2.C4H6O2.3C4H9.Sn/c1-6-8-9-17-12(16)11(13(3,4)5)14-10(15)7-2;1-6-7-8-13-10(12)9(2)11(3,4)5;1-5-6-7-13-9(12)8(11)10(2,3)4;1-5(6(8)9)7(2,3)4;1-2-3-4(5)6;3*1-3-4-2;/h2,6-7,11H,1,8-9H2,3-5H3,(H,14,15);6,9H,1,7-8H2,2-5H3;5,8H,1,6-7,11H2,2-4H3;5H,1-4H3,(H,8,9);2-3H,1H3,(H,5,6);3*1,3-4H2,2H3;/b;;;;3-2-;;;;/t11-;9-;8-;5-;;;;;/m1111...../s1. The quantitative estimate of drug-likeness (QED) is 0.0159. The fourth-order valence-corrected chi connectivity index (χ4v) is 19.6. The Bertz CT molecular complexity index is 1510. The maximum atomic E-state index is 12.8. The fourth-order valence-electron chi connectivity index (χ4n) is 5.53. The molecule has 71 heavy (non-hydrogen) atoms. The zero-order chi connectivity index (χ0) is 56.7. The normalized spacial score (nSPS) is 13.3. The van der Waals surface area contributed by atoms with Crippen LogP contribution in [0.2, 0.25) is 13.3 Å². The van der Waals surface area contributed by atoms with Crippen LogP contribution in [0.15, 0.2) is 60.3 Å². The van der Waals surface area contributed by atoms with Crippen LogP contribution in [-0.2, 0) is 43.0 Å². The molecule has 0 radical (unpaired) electrons. The van der Waals surface area contributed by atoms with Crippen molar-refractivity contribution in [1.29, 1.82) is 0 Å².